The van der Waals surface area contributed by atoms with E-state index in [1.165, 1.54) is 13.1 Å². The van der Waals surface area contributed by atoms with Crippen LogP contribution in [0.5, 0.6) is 5.75 Å². The van der Waals surface area contributed by atoms with Crippen molar-refractivity contribution >= 4 is 5.69 Å². The lowest BCUT2D eigenvalue weighted by molar-refractivity contribution is -0.387. The van der Waals surface area contributed by atoms with Gasteiger partial charge in [0.25, 0.3) is 0 Å². The Morgan fingerprint density at radius 1 is 1.67 bits per heavy atom. The number of aryl methyl sites for hydroxylation is 1. The Kier molecular flexibility index (Phi) is 1.82. The van der Waals surface area contributed by atoms with Gasteiger partial charge in [-0.05, 0) is 6.92 Å². The first-order chi connectivity index (χ1) is 5.54. The molecule has 0 aliphatic carbocycles. The number of hydrogen-bond acceptors (Lipinski definition) is 4. The molecule has 0 saturated heterocycles. The highest BCUT2D eigenvalue weighted by atomic mass is 16.6. The zero-order valence-electron chi connectivity index (χ0n) is 6.20. The van der Waals surface area contributed by atoms with Gasteiger partial charge in [-0.15, -0.1) is 0 Å². The maximum absolute atomic E-state index is 10.8. The second-order valence-electron chi connectivity index (χ2n) is 2.26. The molecule has 0 fully saturated rings. The van der Waals surface area contributed by atoms with E-state index in [0.29, 0.717) is 0 Å². The average Bonchev–Trinajstić information content (AvgIpc) is 1.97. The van der Waals surface area contributed by atoms with Gasteiger partial charge in [-0.25, -0.2) is 0 Å². The van der Waals surface area contributed by atoms with Crippen LogP contribution in [0.25, 0.3) is 0 Å². The number of nitrogens with zero attached hydrogens (tertiary/aromatic N) is 1. The Balaban J connectivity index is 3.54. The Morgan fingerprint density at radius 3 is 2.67 bits per heavy atom. The number of rotatable bonds is 1. The predicted molar refractivity (Wildman–Crippen MR) is 40.1 cm³/mol. The predicted octanol–water partition coefficient (Wildman–Crippen LogP) is 0.297. The van der Waals surface area contributed by atoms with Crippen LogP contribution in [-0.2, 0) is 0 Å². The highest BCUT2D eigenvalue weighted by Gasteiger charge is 2.19. The average molecular weight is 170 g/mol. The molecule has 2 N–H and O–H groups in total. The zero-order chi connectivity index (χ0) is 9.30. The molecular formula is C6H6N2O4. The van der Waals surface area contributed by atoms with E-state index >= 15 is 0 Å². The fourth-order valence-electron chi connectivity index (χ4n) is 0.774. The summed E-state index contributed by atoms with van der Waals surface area (Å²) in [4.78, 5) is 22.2. The minimum atomic E-state index is -0.916. The van der Waals surface area contributed by atoms with Gasteiger partial charge in [0.05, 0.1) is 4.92 Å². The summed E-state index contributed by atoms with van der Waals surface area (Å²) in [5.74, 6) is -0.580. The largest absolute Gasteiger partial charge is 0.502 e. The van der Waals surface area contributed by atoms with Crippen LogP contribution < -0.4 is 5.56 Å². The quantitative estimate of drug-likeness (QED) is 0.467. The van der Waals surface area contributed by atoms with E-state index in [1.807, 2.05) is 0 Å². The van der Waals surface area contributed by atoms with Crippen LogP contribution in [0.4, 0.5) is 5.69 Å². The van der Waals surface area contributed by atoms with Gasteiger partial charge >= 0.3 is 11.2 Å². The third-order valence-electron chi connectivity index (χ3n) is 1.42. The van der Waals surface area contributed by atoms with Crippen LogP contribution in [0, 0.1) is 17.0 Å². The first-order valence-corrected chi connectivity index (χ1v) is 3.09. The summed E-state index contributed by atoms with van der Waals surface area (Å²) in [6.45, 7) is 1.46. The number of nitro groups is 1. The number of H-pyrrole nitrogens is 1. The summed E-state index contributed by atoms with van der Waals surface area (Å²) in [7, 11) is 0. The van der Waals surface area contributed by atoms with Gasteiger partial charge in [-0.2, -0.15) is 0 Å². The summed E-state index contributed by atoms with van der Waals surface area (Å²) in [5.41, 5.74) is -1.44. The lowest BCUT2D eigenvalue weighted by Crippen LogP contribution is -2.11. The highest BCUT2D eigenvalue weighted by molar-refractivity contribution is 5.47. The molecule has 12 heavy (non-hydrogen) atoms. The molecule has 0 aromatic carbocycles. The molecule has 1 aromatic heterocycles. The molecule has 1 heterocycles. The summed E-state index contributed by atoms with van der Waals surface area (Å²) >= 11 is 0. The Hall–Kier alpha value is -1.85. The van der Waals surface area contributed by atoms with Gasteiger partial charge < -0.3 is 10.1 Å². The van der Waals surface area contributed by atoms with E-state index in [0.717, 1.165) is 0 Å². The summed E-state index contributed by atoms with van der Waals surface area (Å²) < 4.78 is 0. The lowest BCUT2D eigenvalue weighted by Gasteiger charge is -1.96. The van der Waals surface area contributed by atoms with Crippen molar-refractivity contribution in [3.63, 3.8) is 0 Å². The maximum atomic E-state index is 10.8. The highest BCUT2D eigenvalue weighted by Crippen LogP contribution is 2.23. The van der Waals surface area contributed by atoms with Crippen LogP contribution in [-0.4, -0.2) is 15.0 Å². The van der Waals surface area contributed by atoms with Gasteiger partial charge in [0.1, 0.15) is 0 Å². The molecular weight excluding hydrogens is 164 g/mol. The van der Waals surface area contributed by atoms with Gasteiger partial charge in [0.15, 0.2) is 0 Å². The molecule has 1 rings (SSSR count). The Morgan fingerprint density at radius 2 is 2.25 bits per heavy atom. The van der Waals surface area contributed by atoms with Crippen LogP contribution in [0.3, 0.4) is 0 Å². The van der Waals surface area contributed by atoms with Crippen LogP contribution in [0.1, 0.15) is 5.56 Å². The van der Waals surface area contributed by atoms with Crippen molar-refractivity contribution in [3.8, 4) is 5.75 Å². The molecule has 0 spiro atoms. The minimum absolute atomic E-state index is 0.265. The van der Waals surface area contributed by atoms with Gasteiger partial charge in [-0.3, -0.25) is 14.9 Å². The van der Waals surface area contributed by atoms with Crippen molar-refractivity contribution in [2.24, 2.45) is 0 Å². The normalized spacial score (nSPS) is 9.75. The van der Waals surface area contributed by atoms with Crippen molar-refractivity contribution < 1.29 is 10.0 Å². The SMILES string of the molecule is Cc1c[nH]c(=O)c([N+](=O)[O-])c1O. The Bertz CT molecular complexity index is 382. The first kappa shape index (κ1) is 8.25. The molecule has 0 radical (unpaired) electrons. The first-order valence-electron chi connectivity index (χ1n) is 3.09. The van der Waals surface area contributed by atoms with Crippen LogP contribution in [0.15, 0.2) is 11.0 Å². The second-order valence-corrected chi connectivity index (χ2v) is 2.26. The van der Waals surface area contributed by atoms with Crippen molar-refractivity contribution in [2.75, 3.05) is 0 Å². The molecule has 0 atom stereocenters. The van der Waals surface area contributed by atoms with Gasteiger partial charge in [0, 0.05) is 11.8 Å². The number of pyridine rings is 1. The van der Waals surface area contributed by atoms with E-state index < -0.39 is 21.9 Å². The standard InChI is InChI=1S/C6H6N2O4/c1-3-2-7-6(10)4(5(3)9)8(11)12/h2H,1H3,(H2,7,9,10). The van der Waals surface area contributed by atoms with E-state index in [-0.39, 0.29) is 5.56 Å². The van der Waals surface area contributed by atoms with Crippen molar-refractivity contribution in [1.82, 2.24) is 4.98 Å². The minimum Gasteiger partial charge on any atom is -0.502 e. The summed E-state index contributed by atoms with van der Waals surface area (Å²) in [6, 6.07) is 0. The molecule has 0 aliphatic rings. The fourth-order valence-corrected chi connectivity index (χ4v) is 0.774. The molecule has 0 bridgehead atoms. The topological polar surface area (TPSA) is 96.2 Å². The number of hydrogen-bond donors (Lipinski definition) is 2. The van der Waals surface area contributed by atoms with E-state index in [1.54, 1.807) is 0 Å². The second kappa shape index (κ2) is 2.65. The molecule has 6 nitrogen and oxygen atoms in total. The van der Waals surface area contributed by atoms with E-state index in [4.69, 9.17) is 5.11 Å². The number of aromatic nitrogens is 1. The molecule has 1 aromatic rings. The van der Waals surface area contributed by atoms with Crippen molar-refractivity contribution in [2.45, 2.75) is 6.92 Å². The number of nitrogens with one attached hydrogen (secondary N) is 1. The molecule has 0 aliphatic heterocycles. The molecule has 64 valence electrons. The van der Waals surface area contributed by atoms with Crippen molar-refractivity contribution in [1.29, 1.82) is 0 Å². The third-order valence-corrected chi connectivity index (χ3v) is 1.42. The smallest absolute Gasteiger partial charge is 0.375 e. The van der Waals surface area contributed by atoms with Crippen molar-refractivity contribution in [3.05, 3.63) is 32.2 Å². The third kappa shape index (κ3) is 1.14. The molecule has 0 unspecified atom stereocenters. The monoisotopic (exact) mass is 170 g/mol. The van der Waals surface area contributed by atoms with Crippen LogP contribution in [0.2, 0.25) is 0 Å². The van der Waals surface area contributed by atoms with E-state index in [2.05, 4.69) is 4.98 Å². The lowest BCUT2D eigenvalue weighted by atomic mass is 10.2. The molecule has 6 heteroatoms. The summed E-state index contributed by atoms with van der Waals surface area (Å²) in [6.07, 6.45) is 1.21. The zero-order valence-corrected chi connectivity index (χ0v) is 6.20. The number of aromatic amines is 1. The molecule has 0 amide bonds. The maximum Gasteiger partial charge on any atom is 0.375 e. The Labute approximate surface area is 66.6 Å². The van der Waals surface area contributed by atoms with Gasteiger partial charge in [0.2, 0.25) is 5.75 Å². The fraction of sp³-hybridized carbons (Fsp3) is 0.167. The van der Waals surface area contributed by atoms with Crippen LogP contribution >= 0.6 is 0 Å². The van der Waals surface area contributed by atoms with E-state index in [9.17, 15) is 14.9 Å². The number of aromatic hydroxyl groups is 1. The molecule has 0 saturated carbocycles. The summed E-state index contributed by atoms with van der Waals surface area (Å²) in [5, 5.41) is 19.3. The van der Waals surface area contributed by atoms with Gasteiger partial charge in [-0.1, -0.05) is 0 Å².